The second-order valence-corrected chi connectivity index (χ2v) is 12.5. The number of aryl methyl sites for hydroxylation is 2. The van der Waals surface area contributed by atoms with Gasteiger partial charge >= 0.3 is 0 Å². The maximum Gasteiger partial charge on any atom is 0.264 e. The number of rotatable bonds is 7. The monoisotopic (exact) mass is 541 g/mol. The van der Waals surface area contributed by atoms with Crippen LogP contribution in [0.25, 0.3) is 16.6 Å². The smallest absolute Gasteiger partial charge is 0.264 e. The quantitative estimate of drug-likeness (QED) is 0.383. The molecule has 2 aromatic heterocycles. The minimum Gasteiger partial charge on any atom is -0.396 e. The molecule has 2 aromatic carbocycles. The standard InChI is InChI=1S/C26H32FN7O3S/c1-18-11-23-19(13-29-34(23)21-7-5-20(27)6-8-21)12-22(18)24-15-33(10-9-32(24)16-26(2,3)17-35)38(36,37)25-14-28-31(4)30-25/h5-8,11-14,24,35H,9-10,15-17H2,1-4H3. The van der Waals surface area contributed by atoms with Crippen molar-refractivity contribution in [1.29, 1.82) is 0 Å². The lowest BCUT2D eigenvalue weighted by atomic mass is 9.90. The summed E-state index contributed by atoms with van der Waals surface area (Å²) in [6.07, 6.45) is 3.03. The van der Waals surface area contributed by atoms with Crippen molar-refractivity contribution in [2.45, 2.75) is 31.8 Å². The zero-order valence-corrected chi connectivity index (χ0v) is 22.7. The van der Waals surface area contributed by atoms with Crippen molar-refractivity contribution in [1.82, 2.24) is 34.0 Å². The van der Waals surface area contributed by atoms with Gasteiger partial charge in [-0.3, -0.25) is 4.90 Å². The van der Waals surface area contributed by atoms with E-state index in [2.05, 4.69) is 26.3 Å². The Bertz CT molecular complexity index is 1560. The van der Waals surface area contributed by atoms with Crippen LogP contribution in [0.1, 0.15) is 31.0 Å². The SMILES string of the molecule is Cc1cc2c(cnn2-c2ccc(F)cc2)cc1C1CN(S(=O)(=O)c2cnn(C)n2)CCN1CC(C)(C)CO. The predicted molar refractivity (Wildman–Crippen MR) is 141 cm³/mol. The summed E-state index contributed by atoms with van der Waals surface area (Å²) in [5.74, 6) is -0.312. The van der Waals surface area contributed by atoms with E-state index < -0.39 is 10.0 Å². The van der Waals surface area contributed by atoms with Crippen molar-refractivity contribution < 1.29 is 17.9 Å². The minimum atomic E-state index is -3.83. The summed E-state index contributed by atoms with van der Waals surface area (Å²) in [7, 11) is -2.25. The van der Waals surface area contributed by atoms with Gasteiger partial charge in [0, 0.05) is 56.7 Å². The van der Waals surface area contributed by atoms with Crippen LogP contribution in [0.15, 0.2) is 53.8 Å². The van der Waals surface area contributed by atoms with Crippen molar-refractivity contribution in [3.05, 3.63) is 65.7 Å². The molecule has 1 fully saturated rings. The number of hydrogen-bond donors (Lipinski definition) is 1. The van der Waals surface area contributed by atoms with E-state index in [1.54, 1.807) is 30.1 Å². The van der Waals surface area contributed by atoms with Crippen LogP contribution in [-0.4, -0.2) is 80.3 Å². The normalized spacial score (nSPS) is 17.9. The third kappa shape index (κ3) is 4.96. The van der Waals surface area contributed by atoms with Gasteiger partial charge in [-0.05, 0) is 54.4 Å². The molecule has 4 aromatic rings. The topological polar surface area (TPSA) is 109 Å². The molecule has 0 amide bonds. The lowest BCUT2D eigenvalue weighted by Gasteiger charge is -2.44. The van der Waals surface area contributed by atoms with Crippen molar-refractivity contribution in [3.8, 4) is 5.69 Å². The zero-order chi connectivity index (χ0) is 27.2. The van der Waals surface area contributed by atoms with Gasteiger partial charge in [-0.1, -0.05) is 13.8 Å². The van der Waals surface area contributed by atoms with E-state index in [1.807, 2.05) is 26.8 Å². The Balaban J connectivity index is 1.54. The highest BCUT2D eigenvalue weighted by atomic mass is 32.2. The molecule has 1 N–H and O–H groups in total. The van der Waals surface area contributed by atoms with Crippen molar-refractivity contribution in [3.63, 3.8) is 0 Å². The summed E-state index contributed by atoms with van der Waals surface area (Å²) in [6.45, 7) is 7.65. The van der Waals surface area contributed by atoms with E-state index in [0.717, 1.165) is 27.7 Å². The van der Waals surface area contributed by atoms with Crippen molar-refractivity contribution in [2.24, 2.45) is 12.5 Å². The van der Waals surface area contributed by atoms with Crippen LogP contribution in [0.3, 0.4) is 0 Å². The number of aliphatic hydroxyl groups is 1. The Hall–Kier alpha value is -3.19. The molecule has 1 saturated heterocycles. The van der Waals surface area contributed by atoms with Crippen molar-refractivity contribution >= 4 is 20.9 Å². The number of piperazine rings is 1. The van der Waals surface area contributed by atoms with Gasteiger partial charge in [0.1, 0.15) is 5.82 Å². The third-order valence-electron chi connectivity index (χ3n) is 7.08. The number of benzene rings is 2. The van der Waals surface area contributed by atoms with Crippen LogP contribution < -0.4 is 0 Å². The maximum atomic E-state index is 13.5. The molecule has 1 aliphatic heterocycles. The molecule has 0 bridgehead atoms. The van der Waals surface area contributed by atoms with E-state index in [9.17, 15) is 17.9 Å². The van der Waals surface area contributed by atoms with Gasteiger partial charge in [0.25, 0.3) is 10.0 Å². The first-order valence-corrected chi connectivity index (χ1v) is 13.9. The molecule has 1 aliphatic rings. The Morgan fingerprint density at radius 2 is 1.84 bits per heavy atom. The van der Waals surface area contributed by atoms with Gasteiger partial charge in [0.2, 0.25) is 5.03 Å². The summed E-state index contributed by atoms with van der Waals surface area (Å²) >= 11 is 0. The van der Waals surface area contributed by atoms with Crippen molar-refractivity contribution in [2.75, 3.05) is 32.8 Å². The number of nitrogens with zero attached hydrogens (tertiary/aromatic N) is 7. The van der Waals surface area contributed by atoms with Gasteiger partial charge in [0.15, 0.2) is 0 Å². The molecule has 0 saturated carbocycles. The zero-order valence-electron chi connectivity index (χ0n) is 21.9. The molecule has 0 aliphatic carbocycles. The second kappa shape index (κ2) is 9.84. The van der Waals surface area contributed by atoms with Gasteiger partial charge in [0.05, 0.1) is 23.6 Å². The molecule has 10 nitrogen and oxygen atoms in total. The number of halogens is 1. The maximum absolute atomic E-state index is 13.5. The molecule has 202 valence electrons. The molecule has 3 heterocycles. The van der Waals surface area contributed by atoms with Crippen LogP contribution >= 0.6 is 0 Å². The Morgan fingerprint density at radius 3 is 2.50 bits per heavy atom. The van der Waals surface area contributed by atoms with E-state index >= 15 is 0 Å². The lowest BCUT2D eigenvalue weighted by molar-refractivity contribution is 0.0479. The highest BCUT2D eigenvalue weighted by molar-refractivity contribution is 7.89. The molecule has 0 radical (unpaired) electrons. The van der Waals surface area contributed by atoms with Gasteiger partial charge in [-0.15, -0.1) is 5.10 Å². The van der Waals surface area contributed by atoms with Crippen LogP contribution in [0.4, 0.5) is 4.39 Å². The van der Waals surface area contributed by atoms with Gasteiger partial charge < -0.3 is 5.11 Å². The van der Waals surface area contributed by atoms with Crippen LogP contribution in [-0.2, 0) is 17.1 Å². The van der Waals surface area contributed by atoms with Gasteiger partial charge in [-0.25, -0.2) is 17.5 Å². The Morgan fingerprint density at radius 1 is 1.11 bits per heavy atom. The summed E-state index contributed by atoms with van der Waals surface area (Å²) < 4.78 is 43.5. The second-order valence-electron chi connectivity index (χ2n) is 10.6. The van der Waals surface area contributed by atoms with Crippen LogP contribution in [0.5, 0.6) is 0 Å². The molecule has 5 rings (SSSR count). The molecular weight excluding hydrogens is 509 g/mol. The third-order valence-corrected chi connectivity index (χ3v) is 8.81. The Kier molecular flexibility index (Phi) is 6.84. The fourth-order valence-electron chi connectivity index (χ4n) is 5.02. The minimum absolute atomic E-state index is 0.0142. The first-order valence-electron chi connectivity index (χ1n) is 12.4. The van der Waals surface area contributed by atoms with E-state index in [0.29, 0.717) is 19.6 Å². The number of hydrogen-bond acceptors (Lipinski definition) is 7. The number of aliphatic hydroxyl groups excluding tert-OH is 1. The summed E-state index contributed by atoms with van der Waals surface area (Å²) in [5.41, 5.74) is 3.23. The van der Waals surface area contributed by atoms with Gasteiger partial charge in [-0.2, -0.15) is 19.3 Å². The highest BCUT2D eigenvalue weighted by Gasteiger charge is 2.38. The summed E-state index contributed by atoms with van der Waals surface area (Å²) in [4.78, 5) is 3.48. The molecular formula is C26H32FN7O3S. The van der Waals surface area contributed by atoms with E-state index in [4.69, 9.17) is 0 Å². The molecule has 1 unspecified atom stereocenters. The molecule has 0 spiro atoms. The summed E-state index contributed by atoms with van der Waals surface area (Å²) in [5, 5.41) is 23.3. The average molecular weight is 542 g/mol. The lowest BCUT2D eigenvalue weighted by Crippen LogP contribution is -2.53. The van der Waals surface area contributed by atoms with E-state index in [1.165, 1.54) is 27.4 Å². The Labute approximate surface area is 221 Å². The van der Waals surface area contributed by atoms with Crippen LogP contribution in [0.2, 0.25) is 0 Å². The molecule has 38 heavy (non-hydrogen) atoms. The number of sulfonamides is 1. The van der Waals surface area contributed by atoms with E-state index in [-0.39, 0.29) is 35.5 Å². The molecule has 1 atom stereocenters. The first-order chi connectivity index (χ1) is 18.0. The molecule has 12 heteroatoms. The number of aromatic nitrogens is 5. The largest absolute Gasteiger partial charge is 0.396 e. The fourth-order valence-corrected chi connectivity index (χ4v) is 6.34. The highest BCUT2D eigenvalue weighted by Crippen LogP contribution is 2.35. The predicted octanol–water partition coefficient (Wildman–Crippen LogP) is 2.67. The first kappa shape index (κ1) is 26.4. The number of fused-ring (bicyclic) bond motifs is 1. The fraction of sp³-hybridized carbons (Fsp3) is 0.423. The average Bonchev–Trinajstić information content (AvgIpc) is 3.50. The van der Waals surface area contributed by atoms with Crippen LogP contribution in [0, 0.1) is 18.2 Å². The summed E-state index contributed by atoms with van der Waals surface area (Å²) in [6, 6.07) is 10.0.